The van der Waals surface area contributed by atoms with Crippen LogP contribution in [0.5, 0.6) is 0 Å². The van der Waals surface area contributed by atoms with E-state index in [9.17, 15) is 19.2 Å². The first kappa shape index (κ1) is 14.6. The number of nitrogens with zero attached hydrogens (tertiary/aromatic N) is 2. The summed E-state index contributed by atoms with van der Waals surface area (Å²) >= 11 is 0. The highest BCUT2D eigenvalue weighted by Gasteiger charge is 2.26. The lowest BCUT2D eigenvalue weighted by atomic mass is 10.1. The Morgan fingerprint density at radius 1 is 0.905 bits per heavy atom. The van der Waals surface area contributed by atoms with Crippen LogP contribution in [0.4, 0.5) is 0 Å². The molecule has 0 amide bonds. The molecular formula is C15H14N2O4. The number of aromatic nitrogens is 2. The zero-order valence-corrected chi connectivity index (χ0v) is 11.9. The molecule has 6 nitrogen and oxygen atoms in total. The minimum absolute atomic E-state index is 0.0751. The first-order valence-electron chi connectivity index (χ1n) is 6.32. The van der Waals surface area contributed by atoms with Crippen molar-refractivity contribution in [1.82, 2.24) is 9.13 Å². The van der Waals surface area contributed by atoms with Crippen LogP contribution >= 0.6 is 0 Å². The predicted octanol–water partition coefficient (Wildman–Crippen LogP) is 1.51. The Balaban J connectivity index is 2.78. The van der Waals surface area contributed by atoms with Gasteiger partial charge >= 0.3 is 5.69 Å². The monoisotopic (exact) mass is 286 g/mol. The number of rotatable bonds is 2. The fourth-order valence-electron chi connectivity index (χ4n) is 2.26. The summed E-state index contributed by atoms with van der Waals surface area (Å²) < 4.78 is 1.57. The van der Waals surface area contributed by atoms with Gasteiger partial charge in [0.2, 0.25) is 17.6 Å². The summed E-state index contributed by atoms with van der Waals surface area (Å²) in [7, 11) is 0. The minimum Gasteiger partial charge on any atom is -0.287 e. The standard InChI is InChI=1S/C15H14N2O4/c1-9-13(14(20)12-7-5-4-6-8-12)17(11(3)19)15(21)16(9)10(2)18/h4-8H,1-3H3. The first-order valence-corrected chi connectivity index (χ1v) is 6.32. The van der Waals surface area contributed by atoms with Crippen LogP contribution in [0.2, 0.25) is 0 Å². The van der Waals surface area contributed by atoms with Crippen LogP contribution in [0.1, 0.15) is 45.2 Å². The number of benzene rings is 1. The number of carbonyl (C=O) groups excluding carboxylic acids is 3. The molecule has 0 N–H and O–H groups in total. The van der Waals surface area contributed by atoms with E-state index >= 15 is 0 Å². The molecular weight excluding hydrogens is 272 g/mol. The molecule has 2 rings (SSSR count). The van der Waals surface area contributed by atoms with Crippen molar-refractivity contribution in [2.24, 2.45) is 0 Å². The number of imidazole rings is 1. The second kappa shape index (κ2) is 5.32. The molecule has 0 aliphatic heterocycles. The minimum atomic E-state index is -0.813. The molecule has 0 aliphatic carbocycles. The van der Waals surface area contributed by atoms with Crippen molar-refractivity contribution in [2.45, 2.75) is 20.8 Å². The van der Waals surface area contributed by atoms with Gasteiger partial charge in [0.05, 0.1) is 5.69 Å². The second-order valence-electron chi connectivity index (χ2n) is 4.62. The third-order valence-corrected chi connectivity index (χ3v) is 3.17. The number of ketones is 1. The van der Waals surface area contributed by atoms with Crippen molar-refractivity contribution in [3.63, 3.8) is 0 Å². The van der Waals surface area contributed by atoms with Crippen LogP contribution in [0, 0.1) is 6.92 Å². The van der Waals surface area contributed by atoms with Crippen molar-refractivity contribution in [2.75, 3.05) is 0 Å². The fraction of sp³-hybridized carbons (Fsp3) is 0.200. The van der Waals surface area contributed by atoms with Crippen LogP contribution in [0.3, 0.4) is 0 Å². The van der Waals surface area contributed by atoms with Crippen molar-refractivity contribution >= 4 is 17.6 Å². The third kappa shape index (κ3) is 2.35. The number of hydrogen-bond donors (Lipinski definition) is 0. The summed E-state index contributed by atoms with van der Waals surface area (Å²) in [6.07, 6.45) is 0. The van der Waals surface area contributed by atoms with Crippen LogP contribution in [-0.2, 0) is 0 Å². The number of hydrogen-bond acceptors (Lipinski definition) is 4. The summed E-state index contributed by atoms with van der Waals surface area (Å²) in [5, 5.41) is 0. The average Bonchev–Trinajstić information content (AvgIpc) is 2.70. The summed E-state index contributed by atoms with van der Waals surface area (Å²) in [5.41, 5.74) is -0.381. The molecule has 0 radical (unpaired) electrons. The van der Waals surface area contributed by atoms with E-state index in [0.717, 1.165) is 9.13 Å². The van der Waals surface area contributed by atoms with E-state index in [1.165, 1.54) is 20.8 Å². The molecule has 108 valence electrons. The fourth-order valence-corrected chi connectivity index (χ4v) is 2.26. The van der Waals surface area contributed by atoms with E-state index in [1.807, 2.05) is 0 Å². The van der Waals surface area contributed by atoms with Gasteiger partial charge in [-0.1, -0.05) is 30.3 Å². The van der Waals surface area contributed by atoms with Crippen LogP contribution in [0.25, 0.3) is 0 Å². The van der Waals surface area contributed by atoms with Gasteiger partial charge in [-0.2, -0.15) is 0 Å². The quantitative estimate of drug-likeness (QED) is 0.784. The predicted molar refractivity (Wildman–Crippen MR) is 75.9 cm³/mol. The lowest BCUT2D eigenvalue weighted by Crippen LogP contribution is -2.31. The zero-order chi connectivity index (χ0) is 15.7. The molecule has 0 fully saturated rings. The molecule has 2 aromatic rings. The molecule has 0 aliphatic rings. The molecule has 1 aromatic heterocycles. The van der Waals surface area contributed by atoms with Crippen LogP contribution in [-0.4, -0.2) is 26.7 Å². The van der Waals surface area contributed by atoms with Gasteiger partial charge < -0.3 is 0 Å². The molecule has 0 saturated carbocycles. The molecule has 0 bridgehead atoms. The maximum Gasteiger partial charge on any atom is 0.342 e. The molecule has 1 aromatic carbocycles. The molecule has 0 saturated heterocycles. The van der Waals surface area contributed by atoms with Gasteiger partial charge in [-0.05, 0) is 6.92 Å². The topological polar surface area (TPSA) is 78.1 Å². The molecule has 0 spiro atoms. The van der Waals surface area contributed by atoms with Crippen LogP contribution < -0.4 is 5.69 Å². The summed E-state index contributed by atoms with van der Waals surface area (Å²) in [6.45, 7) is 3.85. The van der Waals surface area contributed by atoms with Gasteiger partial charge in [0.25, 0.3) is 0 Å². The number of carbonyl (C=O) groups is 3. The molecule has 21 heavy (non-hydrogen) atoms. The van der Waals surface area contributed by atoms with Gasteiger partial charge in [0.15, 0.2) is 0 Å². The van der Waals surface area contributed by atoms with Gasteiger partial charge in [-0.25, -0.2) is 13.9 Å². The summed E-state index contributed by atoms with van der Waals surface area (Å²) in [5.74, 6) is -1.62. The highest BCUT2D eigenvalue weighted by Crippen LogP contribution is 2.13. The Bertz CT molecular complexity index is 797. The molecule has 0 unspecified atom stereocenters. The molecule has 0 atom stereocenters. The van der Waals surface area contributed by atoms with E-state index in [2.05, 4.69) is 0 Å². The van der Waals surface area contributed by atoms with Gasteiger partial charge in [-0.15, -0.1) is 0 Å². The highest BCUT2D eigenvalue weighted by atomic mass is 16.2. The summed E-state index contributed by atoms with van der Waals surface area (Å²) in [6, 6.07) is 8.29. The summed E-state index contributed by atoms with van der Waals surface area (Å²) in [4.78, 5) is 48.0. The Hall–Kier alpha value is -2.76. The van der Waals surface area contributed by atoms with Gasteiger partial charge in [-0.3, -0.25) is 14.4 Å². The van der Waals surface area contributed by atoms with Crippen molar-refractivity contribution in [3.8, 4) is 0 Å². The normalized spacial score (nSPS) is 10.4. The molecule has 6 heteroatoms. The van der Waals surface area contributed by atoms with E-state index in [1.54, 1.807) is 30.3 Å². The first-order chi connectivity index (χ1) is 9.86. The largest absolute Gasteiger partial charge is 0.342 e. The van der Waals surface area contributed by atoms with Gasteiger partial charge in [0, 0.05) is 19.4 Å². The zero-order valence-electron chi connectivity index (χ0n) is 11.9. The van der Waals surface area contributed by atoms with E-state index in [0.29, 0.717) is 5.56 Å². The van der Waals surface area contributed by atoms with E-state index in [-0.39, 0.29) is 11.4 Å². The third-order valence-electron chi connectivity index (χ3n) is 3.17. The van der Waals surface area contributed by atoms with Gasteiger partial charge in [0.1, 0.15) is 5.69 Å². The van der Waals surface area contributed by atoms with E-state index in [4.69, 9.17) is 0 Å². The second-order valence-corrected chi connectivity index (χ2v) is 4.62. The maximum absolute atomic E-state index is 12.5. The van der Waals surface area contributed by atoms with E-state index < -0.39 is 23.3 Å². The SMILES string of the molecule is CC(=O)n1c(C)c(C(=O)c2ccccc2)n(C(C)=O)c1=O. The lowest BCUT2D eigenvalue weighted by molar-refractivity contribution is 0.0905. The highest BCUT2D eigenvalue weighted by molar-refractivity contribution is 6.10. The smallest absolute Gasteiger partial charge is 0.287 e. The Kier molecular flexibility index (Phi) is 3.71. The van der Waals surface area contributed by atoms with Crippen molar-refractivity contribution in [3.05, 3.63) is 57.8 Å². The Labute approximate surface area is 120 Å². The lowest BCUT2D eigenvalue weighted by Gasteiger charge is -2.04. The van der Waals surface area contributed by atoms with Crippen LogP contribution in [0.15, 0.2) is 35.1 Å². The molecule has 1 heterocycles. The maximum atomic E-state index is 12.5. The Morgan fingerprint density at radius 2 is 1.43 bits per heavy atom. The van der Waals surface area contributed by atoms with Crippen molar-refractivity contribution in [1.29, 1.82) is 0 Å². The Morgan fingerprint density at radius 3 is 1.90 bits per heavy atom. The average molecular weight is 286 g/mol. The van der Waals surface area contributed by atoms with Crippen molar-refractivity contribution < 1.29 is 14.4 Å².